The molecule has 0 saturated carbocycles. The Bertz CT molecular complexity index is 832. The van der Waals surface area contributed by atoms with Crippen molar-refractivity contribution >= 4 is 11.9 Å². The number of piperidine rings is 2. The van der Waals surface area contributed by atoms with Crippen molar-refractivity contribution in [1.82, 2.24) is 9.80 Å². The Balaban J connectivity index is 1.51. The molecule has 2 aliphatic rings. The van der Waals surface area contributed by atoms with Gasteiger partial charge in [-0.3, -0.25) is 14.5 Å². The van der Waals surface area contributed by atoms with Crippen LogP contribution in [0.15, 0.2) is 60.7 Å². The van der Waals surface area contributed by atoms with Crippen LogP contribution in [0.2, 0.25) is 0 Å². The normalized spacial score (nSPS) is 23.9. The summed E-state index contributed by atoms with van der Waals surface area (Å²) in [6.45, 7) is 2.76. The second-order valence-electron chi connectivity index (χ2n) is 8.13. The van der Waals surface area contributed by atoms with E-state index in [0.29, 0.717) is 12.8 Å². The highest BCUT2D eigenvalue weighted by Gasteiger charge is 2.44. The van der Waals surface area contributed by atoms with Crippen molar-refractivity contribution in [3.63, 3.8) is 0 Å². The van der Waals surface area contributed by atoms with Crippen LogP contribution < -0.4 is 0 Å². The summed E-state index contributed by atoms with van der Waals surface area (Å²) in [5, 5.41) is 9.83. The molecule has 2 aromatic carbocycles. The average Bonchev–Trinajstić information content (AvgIpc) is 2.75. The quantitative estimate of drug-likeness (QED) is 0.843. The molecule has 2 fully saturated rings. The third-order valence-electron chi connectivity index (χ3n) is 6.30. The number of benzene rings is 2. The van der Waals surface area contributed by atoms with E-state index in [9.17, 15) is 14.7 Å². The van der Waals surface area contributed by atoms with Gasteiger partial charge in [-0.05, 0) is 30.4 Å². The topological polar surface area (TPSA) is 60.9 Å². The number of carboxylic acid groups (broad SMARTS) is 1. The molecule has 2 atom stereocenters. The van der Waals surface area contributed by atoms with Gasteiger partial charge in [0.15, 0.2) is 0 Å². The van der Waals surface area contributed by atoms with Crippen LogP contribution in [-0.2, 0) is 16.1 Å². The number of rotatable bonds is 5. The summed E-state index contributed by atoms with van der Waals surface area (Å²) in [6, 6.07) is 19.8. The van der Waals surface area contributed by atoms with Crippen molar-refractivity contribution in [2.24, 2.45) is 5.92 Å². The van der Waals surface area contributed by atoms with Crippen molar-refractivity contribution < 1.29 is 14.7 Å². The van der Waals surface area contributed by atoms with Gasteiger partial charge in [0.25, 0.3) is 0 Å². The number of carbonyl (C=O) groups excluding carboxylic acids is 1. The molecular formula is C24H28N2O3. The fraction of sp³-hybridized carbons (Fsp3) is 0.417. The smallest absolute Gasteiger partial charge is 0.308 e. The number of hydrogen-bond donors (Lipinski definition) is 1. The Hall–Kier alpha value is -2.66. The molecule has 5 heteroatoms. The molecule has 0 radical (unpaired) electrons. The number of carboxylic acids is 1. The maximum atomic E-state index is 12.9. The van der Waals surface area contributed by atoms with Crippen molar-refractivity contribution in [2.75, 3.05) is 13.1 Å². The fourth-order valence-corrected chi connectivity index (χ4v) is 4.84. The van der Waals surface area contributed by atoms with Crippen LogP contribution >= 0.6 is 0 Å². The van der Waals surface area contributed by atoms with Gasteiger partial charge in [0.2, 0.25) is 5.91 Å². The van der Waals surface area contributed by atoms with Crippen molar-refractivity contribution in [1.29, 1.82) is 0 Å². The maximum absolute atomic E-state index is 12.9. The fourth-order valence-electron chi connectivity index (χ4n) is 4.84. The monoisotopic (exact) mass is 392 g/mol. The molecule has 0 aromatic heterocycles. The minimum Gasteiger partial charge on any atom is -0.481 e. The SMILES string of the molecule is O=C(O)[C@@H]1CCC(=O)N(C2CCN(Cc3ccccc3)CC2)[C@@H]1c1ccccc1. The highest BCUT2D eigenvalue weighted by molar-refractivity contribution is 5.82. The second kappa shape index (κ2) is 8.78. The molecule has 1 amide bonds. The lowest BCUT2D eigenvalue weighted by atomic mass is 9.82. The lowest BCUT2D eigenvalue weighted by Crippen LogP contribution is -2.53. The third-order valence-corrected chi connectivity index (χ3v) is 6.30. The molecule has 0 aliphatic carbocycles. The zero-order valence-electron chi connectivity index (χ0n) is 16.6. The number of likely N-dealkylation sites (tertiary alicyclic amines) is 2. The van der Waals surface area contributed by atoms with E-state index < -0.39 is 11.9 Å². The Kier molecular flexibility index (Phi) is 5.95. The highest BCUT2D eigenvalue weighted by Crippen LogP contribution is 2.40. The number of hydrogen-bond acceptors (Lipinski definition) is 3. The first-order chi connectivity index (χ1) is 14.1. The summed E-state index contributed by atoms with van der Waals surface area (Å²) >= 11 is 0. The van der Waals surface area contributed by atoms with E-state index in [4.69, 9.17) is 0 Å². The standard InChI is InChI=1S/C24H28N2O3/c27-22-12-11-21(24(28)29)23(19-9-5-2-6-10-19)26(22)20-13-15-25(16-14-20)17-18-7-3-1-4-8-18/h1-10,20-21,23H,11-17H2,(H,28,29)/t21-,23-/m1/s1. The Morgan fingerprint density at radius 1 is 0.931 bits per heavy atom. The van der Waals surface area contributed by atoms with E-state index in [1.165, 1.54) is 5.56 Å². The lowest BCUT2D eigenvalue weighted by molar-refractivity contribution is -0.155. The van der Waals surface area contributed by atoms with Crippen LogP contribution in [-0.4, -0.2) is 45.9 Å². The summed E-state index contributed by atoms with van der Waals surface area (Å²) in [5.41, 5.74) is 2.23. The van der Waals surface area contributed by atoms with E-state index >= 15 is 0 Å². The zero-order chi connectivity index (χ0) is 20.2. The summed E-state index contributed by atoms with van der Waals surface area (Å²) in [4.78, 5) is 29.3. The van der Waals surface area contributed by atoms with Gasteiger partial charge in [-0.25, -0.2) is 0 Å². The number of amides is 1. The van der Waals surface area contributed by atoms with E-state index in [1.807, 2.05) is 41.3 Å². The molecule has 4 rings (SSSR count). The molecule has 2 aliphatic heterocycles. The summed E-state index contributed by atoms with van der Waals surface area (Å²) in [7, 11) is 0. The van der Waals surface area contributed by atoms with E-state index in [2.05, 4.69) is 29.2 Å². The number of carbonyl (C=O) groups is 2. The first kappa shape index (κ1) is 19.6. The molecular weight excluding hydrogens is 364 g/mol. The van der Waals surface area contributed by atoms with Crippen LogP contribution in [0.3, 0.4) is 0 Å². The predicted molar refractivity (Wildman–Crippen MR) is 111 cm³/mol. The summed E-state index contributed by atoms with van der Waals surface area (Å²) in [6.07, 6.45) is 2.50. The average molecular weight is 392 g/mol. The lowest BCUT2D eigenvalue weighted by Gasteiger charge is -2.47. The summed E-state index contributed by atoms with van der Waals surface area (Å²) < 4.78 is 0. The van der Waals surface area contributed by atoms with Gasteiger partial charge in [0.05, 0.1) is 12.0 Å². The van der Waals surface area contributed by atoms with Gasteiger partial charge in [-0.2, -0.15) is 0 Å². The molecule has 2 heterocycles. The van der Waals surface area contributed by atoms with Crippen LogP contribution in [0, 0.1) is 5.92 Å². The Labute approximate surface area is 171 Å². The Morgan fingerprint density at radius 2 is 1.55 bits per heavy atom. The van der Waals surface area contributed by atoms with Gasteiger partial charge < -0.3 is 10.0 Å². The van der Waals surface area contributed by atoms with Gasteiger partial charge in [-0.1, -0.05) is 60.7 Å². The van der Waals surface area contributed by atoms with Crippen LogP contribution in [0.4, 0.5) is 0 Å². The zero-order valence-corrected chi connectivity index (χ0v) is 16.6. The molecule has 2 saturated heterocycles. The highest BCUT2D eigenvalue weighted by atomic mass is 16.4. The summed E-state index contributed by atoms with van der Waals surface area (Å²) in [5.74, 6) is -1.26. The van der Waals surface area contributed by atoms with E-state index in [0.717, 1.165) is 38.0 Å². The molecule has 0 unspecified atom stereocenters. The van der Waals surface area contributed by atoms with Gasteiger partial charge >= 0.3 is 5.97 Å². The molecule has 0 spiro atoms. The van der Waals surface area contributed by atoms with Crippen LogP contribution in [0.5, 0.6) is 0 Å². The first-order valence-electron chi connectivity index (χ1n) is 10.5. The van der Waals surface area contributed by atoms with Crippen molar-refractivity contribution in [3.05, 3.63) is 71.8 Å². The largest absolute Gasteiger partial charge is 0.481 e. The van der Waals surface area contributed by atoms with Crippen molar-refractivity contribution in [2.45, 2.75) is 44.3 Å². The van der Waals surface area contributed by atoms with E-state index in [-0.39, 0.29) is 18.0 Å². The predicted octanol–water partition coefficient (Wildman–Crippen LogP) is 3.72. The number of aliphatic carboxylic acids is 1. The molecule has 5 nitrogen and oxygen atoms in total. The molecule has 1 N–H and O–H groups in total. The van der Waals surface area contributed by atoms with Gasteiger partial charge in [0.1, 0.15) is 0 Å². The van der Waals surface area contributed by atoms with Gasteiger partial charge in [-0.15, -0.1) is 0 Å². The molecule has 152 valence electrons. The first-order valence-corrected chi connectivity index (χ1v) is 10.5. The van der Waals surface area contributed by atoms with Crippen LogP contribution in [0.1, 0.15) is 42.9 Å². The number of nitrogens with zero attached hydrogens (tertiary/aromatic N) is 2. The maximum Gasteiger partial charge on any atom is 0.308 e. The van der Waals surface area contributed by atoms with E-state index in [1.54, 1.807) is 0 Å². The van der Waals surface area contributed by atoms with Crippen molar-refractivity contribution in [3.8, 4) is 0 Å². The minimum absolute atomic E-state index is 0.0952. The van der Waals surface area contributed by atoms with Gasteiger partial charge in [0, 0.05) is 32.1 Å². The molecule has 29 heavy (non-hydrogen) atoms. The Morgan fingerprint density at radius 3 is 2.17 bits per heavy atom. The second-order valence-corrected chi connectivity index (χ2v) is 8.13. The molecule has 2 aromatic rings. The third kappa shape index (κ3) is 4.35. The van der Waals surface area contributed by atoms with Crippen LogP contribution in [0.25, 0.3) is 0 Å². The minimum atomic E-state index is -0.808. The molecule has 0 bridgehead atoms.